The van der Waals surface area contributed by atoms with Gasteiger partial charge in [0, 0.05) is 8.22 Å². The second kappa shape index (κ2) is 19.7. The summed E-state index contributed by atoms with van der Waals surface area (Å²) in [6.07, 6.45) is 0. The minimum atomic E-state index is -2.07. The van der Waals surface area contributed by atoms with Crippen LogP contribution in [-0.4, -0.2) is 77.1 Å². The summed E-state index contributed by atoms with van der Waals surface area (Å²) in [6, 6.07) is 19.1. The summed E-state index contributed by atoms with van der Waals surface area (Å²) in [6.45, 7) is 24.1. The lowest BCUT2D eigenvalue weighted by atomic mass is 9.52. The summed E-state index contributed by atoms with van der Waals surface area (Å²) < 4.78 is 45.2. The molecule has 0 saturated carbocycles. The van der Waals surface area contributed by atoms with Gasteiger partial charge >= 0.3 is 0 Å². The van der Waals surface area contributed by atoms with Crippen LogP contribution in [0.5, 0.6) is 0 Å². The van der Waals surface area contributed by atoms with E-state index in [9.17, 15) is 0 Å². The van der Waals surface area contributed by atoms with E-state index in [1.165, 1.54) is 42.8 Å². The van der Waals surface area contributed by atoms with E-state index < -0.39 is 14.0 Å². The molecule has 3 nitrogen and oxygen atoms in total. The first kappa shape index (κ1) is 33.2. The largest absolute Gasteiger partial charge is 0.344 e. The van der Waals surface area contributed by atoms with Gasteiger partial charge in [-0.3, -0.25) is 0 Å². The maximum absolute atomic E-state index is 7.63. The van der Waals surface area contributed by atoms with E-state index in [0.29, 0.717) is 30.5 Å². The Hall–Kier alpha value is -2.27. The van der Waals surface area contributed by atoms with Gasteiger partial charge in [-0.1, -0.05) is 158 Å². The van der Waals surface area contributed by atoms with Crippen molar-refractivity contribution in [3.05, 3.63) is 88.0 Å². The lowest BCUT2D eigenvalue weighted by Crippen LogP contribution is -2.45. The van der Waals surface area contributed by atoms with Crippen LogP contribution in [0, 0.1) is 13.8 Å². The zero-order valence-corrected chi connectivity index (χ0v) is 33.1. The molecular formula is C41H70B3N3. The molecule has 0 heterocycles. The average Bonchev–Trinajstić information content (AvgIpc) is 3.05. The van der Waals surface area contributed by atoms with Crippen molar-refractivity contribution in [3.8, 4) is 0 Å². The van der Waals surface area contributed by atoms with E-state index in [0.717, 1.165) is 16.6 Å². The smallest absolute Gasteiger partial charge is 0.254 e. The Morgan fingerprint density at radius 1 is 0.447 bits per heavy atom. The molecule has 0 atom stereocenters. The highest BCUT2D eigenvalue weighted by atomic mass is 15.0. The highest BCUT2D eigenvalue weighted by molar-refractivity contribution is 6.71. The number of rotatable bonds is 10. The molecule has 47 heavy (non-hydrogen) atoms. The maximum atomic E-state index is 7.63. The topological polar surface area (TPSA) is 9.72 Å². The summed E-state index contributed by atoms with van der Waals surface area (Å²) in [5.74, 6) is 1.95. The van der Waals surface area contributed by atoms with E-state index in [1.54, 1.807) is 14.1 Å². The molecule has 0 aromatic heterocycles. The molecule has 0 aliphatic rings. The van der Waals surface area contributed by atoms with Crippen LogP contribution in [0.2, 0.25) is 20.5 Å². The van der Waals surface area contributed by atoms with Crippen LogP contribution in [0.1, 0.15) is 121 Å². The molecule has 0 bridgehead atoms. The van der Waals surface area contributed by atoms with Gasteiger partial charge in [0.1, 0.15) is 0 Å². The molecule has 0 amide bonds. The van der Waals surface area contributed by atoms with Crippen LogP contribution < -0.4 is 16.4 Å². The molecule has 0 aliphatic heterocycles. The number of hydrogen-bond acceptors (Lipinski definition) is 3. The monoisotopic (exact) mass is 644 g/mol. The second-order valence-electron chi connectivity index (χ2n) is 14.8. The van der Waals surface area contributed by atoms with Crippen molar-refractivity contribution in [1.82, 2.24) is 14.4 Å². The van der Waals surface area contributed by atoms with Crippen molar-refractivity contribution in [3.63, 3.8) is 0 Å². The zero-order chi connectivity index (χ0) is 41.3. The molecule has 0 spiro atoms. The summed E-state index contributed by atoms with van der Waals surface area (Å²) in [4.78, 5) is 5.22. The summed E-state index contributed by atoms with van der Waals surface area (Å²) in [5, 5.41) is 0. The van der Waals surface area contributed by atoms with Crippen molar-refractivity contribution >= 4 is 36.9 Å². The number of aryl methyl sites for hydroxylation is 2. The van der Waals surface area contributed by atoms with Crippen LogP contribution >= 0.6 is 0 Å². The van der Waals surface area contributed by atoms with Crippen molar-refractivity contribution < 1.29 is 8.22 Å². The Labute approximate surface area is 302 Å². The SMILES string of the molecule is CB(c1c(C(C)C)cccc1C(C)C)N(C)C.[2H]C([2H])([2H])N(C)B(C)c1c(C(C)C)cccc1C(C)C.[2H]C([2H])([2H])N(C)B(C)c1c(C)cccc1C. The van der Waals surface area contributed by atoms with Crippen LogP contribution in [-0.2, 0) is 0 Å². The fraction of sp³-hybridized carbons (Fsp3) is 0.561. The van der Waals surface area contributed by atoms with Crippen LogP contribution in [0.4, 0.5) is 0 Å². The van der Waals surface area contributed by atoms with Gasteiger partial charge in [-0.15, -0.1) is 0 Å². The first-order chi connectivity index (χ1) is 24.2. The molecule has 0 aliphatic carbocycles. The Bertz CT molecular complexity index is 1500. The normalized spacial score (nSPS) is 13.8. The van der Waals surface area contributed by atoms with Crippen LogP contribution in [0.25, 0.3) is 0 Å². The summed E-state index contributed by atoms with van der Waals surface area (Å²) >= 11 is 0. The second-order valence-corrected chi connectivity index (χ2v) is 14.8. The first-order valence-corrected chi connectivity index (χ1v) is 17.6. The third-order valence-corrected chi connectivity index (χ3v) is 9.57. The lowest BCUT2D eigenvalue weighted by Gasteiger charge is -2.26. The molecule has 0 saturated heterocycles. The molecule has 0 unspecified atom stereocenters. The minimum absolute atomic E-state index is 0.103. The molecule has 0 fully saturated rings. The molecule has 3 aromatic carbocycles. The van der Waals surface area contributed by atoms with E-state index in [1.807, 2.05) is 45.7 Å². The van der Waals surface area contributed by atoms with Crippen LogP contribution in [0.3, 0.4) is 0 Å². The zero-order valence-electron chi connectivity index (χ0n) is 39.1. The van der Waals surface area contributed by atoms with Gasteiger partial charge in [0.2, 0.25) is 0 Å². The van der Waals surface area contributed by atoms with E-state index in [4.69, 9.17) is 8.22 Å². The predicted octanol–water partition coefficient (Wildman–Crippen LogP) is 8.34. The Morgan fingerprint density at radius 2 is 0.702 bits per heavy atom. The van der Waals surface area contributed by atoms with Gasteiger partial charge in [0.05, 0.1) is 0 Å². The lowest BCUT2D eigenvalue weighted by molar-refractivity contribution is 0.651. The maximum Gasteiger partial charge on any atom is 0.254 e. The van der Waals surface area contributed by atoms with Gasteiger partial charge in [0.25, 0.3) is 20.5 Å². The Balaban J connectivity index is 0.000000400. The molecule has 3 rings (SSSR count). The van der Waals surface area contributed by atoms with Crippen molar-refractivity contribution in [2.75, 3.05) is 42.1 Å². The van der Waals surface area contributed by atoms with Gasteiger partial charge in [-0.05, 0) is 102 Å². The van der Waals surface area contributed by atoms with E-state index in [2.05, 4.69) is 118 Å². The summed E-state index contributed by atoms with van der Waals surface area (Å²) in [7, 11) is 7.64. The standard InChI is InChI=1S/2C15H26BN.C11H18BN/c2*1-11(2)13-9-8-10-14(12(3)4)15(13)16(5)17(6)7;1-9-7-6-8-10(2)11(9)12(3)13(4)5/h2*8-12H,1-7H3;6-8H,1-5H3/i6D3;;4D3. The first-order valence-electron chi connectivity index (χ1n) is 20.6. The molecule has 258 valence electrons. The van der Waals surface area contributed by atoms with Crippen molar-refractivity contribution in [2.45, 2.75) is 113 Å². The van der Waals surface area contributed by atoms with Crippen LogP contribution in [0.15, 0.2) is 54.6 Å². The predicted molar refractivity (Wildman–Crippen MR) is 220 cm³/mol. The fourth-order valence-corrected chi connectivity index (χ4v) is 6.31. The molecule has 3 aromatic rings. The number of nitrogens with zero attached hydrogens (tertiary/aromatic N) is 3. The van der Waals surface area contributed by atoms with E-state index >= 15 is 0 Å². The van der Waals surface area contributed by atoms with E-state index in [-0.39, 0.29) is 13.7 Å². The quantitative estimate of drug-likeness (QED) is 0.206. The minimum Gasteiger partial charge on any atom is -0.344 e. The third kappa shape index (κ3) is 12.0. The summed E-state index contributed by atoms with van der Waals surface area (Å²) in [5.41, 5.74) is 11.6. The highest BCUT2D eigenvalue weighted by Gasteiger charge is 2.24. The van der Waals surface area contributed by atoms with Crippen molar-refractivity contribution in [1.29, 1.82) is 0 Å². The average molecular weight is 644 g/mol. The van der Waals surface area contributed by atoms with Gasteiger partial charge in [-0.2, -0.15) is 0 Å². The van der Waals surface area contributed by atoms with Crippen molar-refractivity contribution in [2.24, 2.45) is 0 Å². The number of benzene rings is 3. The fourth-order valence-electron chi connectivity index (χ4n) is 6.31. The third-order valence-electron chi connectivity index (χ3n) is 9.57. The number of hydrogen-bond donors (Lipinski definition) is 0. The Kier molecular flexibility index (Phi) is 13.9. The van der Waals surface area contributed by atoms with Gasteiger partial charge in [0.15, 0.2) is 0 Å². The van der Waals surface area contributed by atoms with Gasteiger partial charge in [-0.25, -0.2) is 0 Å². The van der Waals surface area contributed by atoms with Gasteiger partial charge < -0.3 is 14.4 Å². The Morgan fingerprint density at radius 3 is 0.957 bits per heavy atom. The molecule has 0 N–H and O–H groups in total. The molecule has 0 radical (unpaired) electrons. The highest BCUT2D eigenvalue weighted by Crippen LogP contribution is 2.21. The molecule has 6 heteroatoms. The molecular weight excluding hydrogens is 567 g/mol.